The summed E-state index contributed by atoms with van der Waals surface area (Å²) in [6.45, 7) is 0. The standard InChI is InChI=1S/C20H18FNO3/c1-25-20(24)19-17(13-5-3-2-4-6-13)11-16(12-18(19)23)22-15-9-7-14(21)8-10-15/h2-10,12,17,19,22H,11H2,1H3/t17-,19-/m1/s1. The topological polar surface area (TPSA) is 55.4 Å². The van der Waals surface area contributed by atoms with Gasteiger partial charge in [-0.1, -0.05) is 30.3 Å². The van der Waals surface area contributed by atoms with Crippen LogP contribution in [0.25, 0.3) is 0 Å². The van der Waals surface area contributed by atoms with Crippen LogP contribution >= 0.6 is 0 Å². The summed E-state index contributed by atoms with van der Waals surface area (Å²) in [7, 11) is 1.29. The van der Waals surface area contributed by atoms with E-state index in [9.17, 15) is 14.0 Å². The highest BCUT2D eigenvalue weighted by atomic mass is 19.1. The molecule has 4 nitrogen and oxygen atoms in total. The van der Waals surface area contributed by atoms with Crippen LogP contribution in [0.3, 0.4) is 0 Å². The van der Waals surface area contributed by atoms with Gasteiger partial charge in [0.15, 0.2) is 5.78 Å². The van der Waals surface area contributed by atoms with Gasteiger partial charge in [0, 0.05) is 23.4 Å². The lowest BCUT2D eigenvalue weighted by Gasteiger charge is -2.29. The number of esters is 1. The first-order valence-corrected chi connectivity index (χ1v) is 7.98. The Hall–Kier alpha value is -2.95. The van der Waals surface area contributed by atoms with Gasteiger partial charge in [-0.2, -0.15) is 0 Å². The number of rotatable bonds is 4. The Labute approximate surface area is 145 Å². The van der Waals surface area contributed by atoms with Gasteiger partial charge in [-0.25, -0.2) is 4.39 Å². The fraction of sp³-hybridized carbons (Fsp3) is 0.200. The molecule has 128 valence electrons. The Morgan fingerprint density at radius 1 is 1.12 bits per heavy atom. The molecule has 0 bridgehead atoms. The Morgan fingerprint density at radius 3 is 2.44 bits per heavy atom. The Morgan fingerprint density at radius 2 is 1.80 bits per heavy atom. The van der Waals surface area contributed by atoms with E-state index in [-0.39, 0.29) is 17.5 Å². The fourth-order valence-electron chi connectivity index (χ4n) is 3.10. The van der Waals surface area contributed by atoms with Crippen LogP contribution in [0.1, 0.15) is 17.9 Å². The molecule has 0 saturated carbocycles. The van der Waals surface area contributed by atoms with Crippen molar-refractivity contribution in [2.75, 3.05) is 12.4 Å². The molecule has 3 rings (SSSR count). The normalized spacial score (nSPS) is 19.9. The molecular weight excluding hydrogens is 321 g/mol. The Balaban J connectivity index is 1.90. The molecular formula is C20H18FNO3. The predicted octanol–water partition coefficient (Wildman–Crippen LogP) is 3.67. The summed E-state index contributed by atoms with van der Waals surface area (Å²) in [6.07, 6.45) is 1.91. The van der Waals surface area contributed by atoms with Gasteiger partial charge in [0.25, 0.3) is 0 Å². The van der Waals surface area contributed by atoms with Gasteiger partial charge in [0.05, 0.1) is 7.11 Å². The summed E-state index contributed by atoms with van der Waals surface area (Å²) < 4.78 is 17.9. The third kappa shape index (κ3) is 3.76. The molecule has 2 atom stereocenters. The molecule has 0 aliphatic heterocycles. The lowest BCUT2D eigenvalue weighted by Crippen LogP contribution is -2.34. The van der Waals surface area contributed by atoms with E-state index in [1.54, 1.807) is 12.1 Å². The minimum absolute atomic E-state index is 0.295. The van der Waals surface area contributed by atoms with E-state index < -0.39 is 11.9 Å². The zero-order chi connectivity index (χ0) is 17.8. The van der Waals surface area contributed by atoms with Crippen LogP contribution in [0, 0.1) is 11.7 Å². The second kappa shape index (κ2) is 7.30. The van der Waals surface area contributed by atoms with Gasteiger partial charge in [0.1, 0.15) is 11.7 Å². The van der Waals surface area contributed by atoms with Crippen molar-refractivity contribution >= 4 is 17.4 Å². The number of ether oxygens (including phenoxy) is 1. The van der Waals surface area contributed by atoms with Gasteiger partial charge in [0.2, 0.25) is 0 Å². The quantitative estimate of drug-likeness (QED) is 0.682. The molecule has 0 fully saturated rings. The molecule has 0 amide bonds. The summed E-state index contributed by atoms with van der Waals surface area (Å²) in [5, 5.41) is 3.14. The third-order valence-electron chi connectivity index (χ3n) is 4.30. The van der Waals surface area contributed by atoms with Crippen LogP contribution in [0.4, 0.5) is 10.1 Å². The van der Waals surface area contributed by atoms with Crippen LogP contribution in [0.15, 0.2) is 66.4 Å². The maximum absolute atomic E-state index is 13.0. The molecule has 0 unspecified atom stereocenters. The van der Waals surface area contributed by atoms with Crippen molar-refractivity contribution in [2.45, 2.75) is 12.3 Å². The molecule has 0 heterocycles. The molecule has 0 radical (unpaired) electrons. The van der Waals surface area contributed by atoms with Crippen LogP contribution < -0.4 is 5.32 Å². The molecule has 1 aliphatic rings. The number of carbonyl (C=O) groups excluding carboxylic acids is 2. The lowest BCUT2D eigenvalue weighted by atomic mass is 9.76. The number of ketones is 1. The van der Waals surface area contributed by atoms with Crippen LogP contribution in [-0.4, -0.2) is 18.9 Å². The largest absolute Gasteiger partial charge is 0.468 e. The Bertz CT molecular complexity index is 799. The van der Waals surface area contributed by atoms with Crippen molar-refractivity contribution in [3.63, 3.8) is 0 Å². The SMILES string of the molecule is COC(=O)[C@H]1C(=O)C=C(Nc2ccc(F)cc2)C[C@@H]1c1ccccc1. The number of carbonyl (C=O) groups is 2. The molecule has 25 heavy (non-hydrogen) atoms. The maximum Gasteiger partial charge on any atom is 0.317 e. The summed E-state index contributed by atoms with van der Waals surface area (Å²) in [6, 6.07) is 15.3. The first-order valence-electron chi connectivity index (χ1n) is 7.98. The van der Waals surface area contributed by atoms with Crippen molar-refractivity contribution in [1.29, 1.82) is 0 Å². The monoisotopic (exact) mass is 339 g/mol. The molecule has 2 aromatic rings. The van der Waals surface area contributed by atoms with Gasteiger partial charge >= 0.3 is 5.97 Å². The highest BCUT2D eigenvalue weighted by Gasteiger charge is 2.39. The number of nitrogens with one attached hydrogen (secondary N) is 1. The van der Waals surface area contributed by atoms with Gasteiger partial charge in [-0.15, -0.1) is 0 Å². The number of hydrogen-bond donors (Lipinski definition) is 1. The van der Waals surface area contributed by atoms with E-state index in [4.69, 9.17) is 4.74 Å². The number of anilines is 1. The molecule has 1 N–H and O–H groups in total. The van der Waals surface area contributed by atoms with E-state index in [2.05, 4.69) is 5.32 Å². The van der Waals surface area contributed by atoms with E-state index in [0.717, 1.165) is 5.56 Å². The number of halogens is 1. The number of hydrogen-bond acceptors (Lipinski definition) is 4. The van der Waals surface area contributed by atoms with Gasteiger partial charge in [-0.3, -0.25) is 9.59 Å². The van der Waals surface area contributed by atoms with Crippen molar-refractivity contribution in [3.05, 3.63) is 77.8 Å². The van der Waals surface area contributed by atoms with E-state index in [0.29, 0.717) is 17.8 Å². The first-order chi connectivity index (χ1) is 12.1. The van der Waals surface area contributed by atoms with Gasteiger partial charge in [-0.05, 0) is 36.2 Å². The lowest BCUT2D eigenvalue weighted by molar-refractivity contribution is -0.149. The first kappa shape index (κ1) is 16.9. The molecule has 5 heteroatoms. The van der Waals surface area contributed by atoms with Crippen molar-refractivity contribution in [1.82, 2.24) is 0 Å². The number of benzene rings is 2. The predicted molar refractivity (Wildman–Crippen MR) is 92.4 cm³/mol. The molecule has 0 aromatic heterocycles. The number of methoxy groups -OCH3 is 1. The Kier molecular flexibility index (Phi) is 4.93. The molecule has 0 saturated heterocycles. The van der Waals surface area contributed by atoms with Crippen molar-refractivity contribution < 1.29 is 18.7 Å². The molecule has 2 aromatic carbocycles. The minimum atomic E-state index is -0.855. The molecule has 1 aliphatic carbocycles. The average molecular weight is 339 g/mol. The zero-order valence-corrected chi connectivity index (χ0v) is 13.7. The number of allylic oxidation sites excluding steroid dienone is 2. The van der Waals surface area contributed by atoms with Crippen molar-refractivity contribution in [3.8, 4) is 0 Å². The second-order valence-electron chi connectivity index (χ2n) is 5.93. The summed E-state index contributed by atoms with van der Waals surface area (Å²) in [4.78, 5) is 24.7. The van der Waals surface area contributed by atoms with Gasteiger partial charge < -0.3 is 10.1 Å². The molecule has 0 spiro atoms. The summed E-state index contributed by atoms with van der Waals surface area (Å²) in [5.74, 6) is -2.32. The van der Waals surface area contributed by atoms with Crippen LogP contribution in [-0.2, 0) is 14.3 Å². The second-order valence-corrected chi connectivity index (χ2v) is 5.93. The fourth-order valence-corrected chi connectivity index (χ4v) is 3.10. The highest BCUT2D eigenvalue weighted by Crippen LogP contribution is 2.37. The van der Waals surface area contributed by atoms with E-state index >= 15 is 0 Å². The van der Waals surface area contributed by atoms with Crippen LogP contribution in [0.5, 0.6) is 0 Å². The highest BCUT2D eigenvalue weighted by molar-refractivity contribution is 6.07. The third-order valence-corrected chi connectivity index (χ3v) is 4.30. The van der Waals surface area contributed by atoms with Crippen molar-refractivity contribution in [2.24, 2.45) is 5.92 Å². The zero-order valence-electron chi connectivity index (χ0n) is 13.7. The summed E-state index contributed by atoms with van der Waals surface area (Å²) >= 11 is 0. The summed E-state index contributed by atoms with van der Waals surface area (Å²) in [5.41, 5.74) is 2.27. The van der Waals surface area contributed by atoms with Crippen LogP contribution in [0.2, 0.25) is 0 Å². The van der Waals surface area contributed by atoms with E-state index in [1.165, 1.54) is 25.3 Å². The maximum atomic E-state index is 13.0. The minimum Gasteiger partial charge on any atom is -0.468 e. The van der Waals surface area contributed by atoms with E-state index in [1.807, 2.05) is 30.3 Å². The average Bonchev–Trinajstić information content (AvgIpc) is 2.63. The smallest absolute Gasteiger partial charge is 0.317 e.